The number of fused-ring (bicyclic) bond motifs is 2. The Hall–Kier alpha value is -3.70. The van der Waals surface area contributed by atoms with Crippen LogP contribution in [0.2, 0.25) is 0 Å². The molecule has 0 bridgehead atoms. The molecule has 0 saturated carbocycles. The van der Waals surface area contributed by atoms with Crippen molar-refractivity contribution < 1.29 is 0 Å². The molecule has 4 rings (SSSR count). The summed E-state index contributed by atoms with van der Waals surface area (Å²) >= 11 is 0. The summed E-state index contributed by atoms with van der Waals surface area (Å²) in [5, 5.41) is 0. The second-order valence-electron chi connectivity index (χ2n) is 4.12. The molecule has 8 N–H and O–H groups in total. The molecular weight excluding hydrogens is 292 g/mol. The molecule has 0 aliphatic heterocycles. The molecule has 0 spiro atoms. The number of nitrogens with one attached hydrogen (secondary N) is 4. The summed E-state index contributed by atoms with van der Waals surface area (Å²) in [7, 11) is 0. The van der Waals surface area contributed by atoms with Crippen molar-refractivity contribution in [3.63, 3.8) is 0 Å². The highest BCUT2D eigenvalue weighted by Gasteiger charge is 2.03. The number of nitrogens with zero attached hydrogens (tertiary/aromatic N) is 4. The standard InChI is InChI=1S/C5H5N5O2.C5H5N5/c6-2-1-3(9-4(11)7-1)10-5(12)8-2;6-4-3-5(9-1-7-3)10-2-8-4/h(H5,6,7,8,9,10,11,12);1-2H,(H3,6,7,8,9,10). The summed E-state index contributed by atoms with van der Waals surface area (Å²) in [6, 6.07) is 0. The molecule has 112 valence electrons. The fourth-order valence-corrected chi connectivity index (χ4v) is 1.74. The zero-order valence-electron chi connectivity index (χ0n) is 10.9. The Balaban J connectivity index is 0.000000133. The number of imidazole rings is 2. The van der Waals surface area contributed by atoms with Crippen LogP contribution in [0.3, 0.4) is 0 Å². The highest BCUT2D eigenvalue weighted by atomic mass is 16.1. The average molecular weight is 302 g/mol. The average Bonchev–Trinajstić information content (AvgIpc) is 3.06. The number of nitrogens with two attached hydrogens (primary N) is 2. The SMILES string of the molecule is Nc1[nH]c(=O)nc2[nH]c(=O)[nH]c12.Nc1ncnc2nc[nH]c12. The maximum absolute atomic E-state index is 10.7. The molecule has 0 saturated heterocycles. The summed E-state index contributed by atoms with van der Waals surface area (Å²) in [6.07, 6.45) is 2.92. The van der Waals surface area contributed by atoms with Gasteiger partial charge in [-0.2, -0.15) is 4.98 Å². The van der Waals surface area contributed by atoms with Gasteiger partial charge in [0.2, 0.25) is 0 Å². The lowest BCUT2D eigenvalue weighted by atomic mass is 10.5. The molecule has 0 atom stereocenters. The van der Waals surface area contributed by atoms with Crippen molar-refractivity contribution in [1.82, 2.24) is 39.9 Å². The van der Waals surface area contributed by atoms with Gasteiger partial charge in [0.25, 0.3) is 0 Å². The number of nitrogen functional groups attached to an aromatic ring is 2. The molecule has 12 heteroatoms. The molecule has 4 aromatic heterocycles. The van der Waals surface area contributed by atoms with Crippen molar-refractivity contribution >= 4 is 34.0 Å². The highest BCUT2D eigenvalue weighted by molar-refractivity contribution is 5.80. The molecule has 0 unspecified atom stereocenters. The van der Waals surface area contributed by atoms with Gasteiger partial charge in [-0.05, 0) is 0 Å². The number of rotatable bonds is 0. The maximum atomic E-state index is 10.7. The number of aromatic nitrogens is 8. The normalized spacial score (nSPS) is 10.5. The van der Waals surface area contributed by atoms with E-state index in [-0.39, 0.29) is 11.5 Å². The lowest BCUT2D eigenvalue weighted by molar-refractivity contribution is 1.11. The number of H-pyrrole nitrogens is 4. The lowest BCUT2D eigenvalue weighted by Gasteiger charge is -1.91. The largest absolute Gasteiger partial charge is 0.383 e. The molecule has 12 nitrogen and oxygen atoms in total. The molecular formula is C10H10N10O2. The fourth-order valence-electron chi connectivity index (χ4n) is 1.74. The Bertz CT molecular complexity index is 1050. The quantitative estimate of drug-likeness (QED) is 0.224. The van der Waals surface area contributed by atoms with E-state index in [1.807, 2.05) is 0 Å². The summed E-state index contributed by atoms with van der Waals surface area (Å²) < 4.78 is 0. The first-order valence-corrected chi connectivity index (χ1v) is 5.92. The van der Waals surface area contributed by atoms with E-state index in [0.717, 1.165) is 0 Å². The highest BCUT2D eigenvalue weighted by Crippen LogP contribution is 2.09. The van der Waals surface area contributed by atoms with Gasteiger partial charge < -0.3 is 21.4 Å². The molecule has 0 aliphatic rings. The third-order valence-corrected chi connectivity index (χ3v) is 2.68. The summed E-state index contributed by atoms with van der Waals surface area (Å²) in [4.78, 5) is 46.3. The van der Waals surface area contributed by atoms with Gasteiger partial charge in [0.05, 0.1) is 6.33 Å². The van der Waals surface area contributed by atoms with E-state index in [0.29, 0.717) is 22.5 Å². The number of hydrogen-bond acceptors (Lipinski definition) is 8. The zero-order chi connectivity index (χ0) is 15.7. The van der Waals surface area contributed by atoms with Gasteiger partial charge >= 0.3 is 11.4 Å². The van der Waals surface area contributed by atoms with Gasteiger partial charge in [-0.3, -0.25) is 9.97 Å². The van der Waals surface area contributed by atoms with E-state index >= 15 is 0 Å². The number of anilines is 2. The van der Waals surface area contributed by atoms with Gasteiger partial charge in [0.1, 0.15) is 23.2 Å². The van der Waals surface area contributed by atoms with Crippen LogP contribution >= 0.6 is 0 Å². The molecule has 0 radical (unpaired) electrons. The van der Waals surface area contributed by atoms with Crippen LogP contribution in [0.1, 0.15) is 0 Å². The van der Waals surface area contributed by atoms with Crippen molar-refractivity contribution in [2.45, 2.75) is 0 Å². The molecule has 4 heterocycles. The second kappa shape index (κ2) is 5.01. The first-order valence-electron chi connectivity index (χ1n) is 5.92. The maximum Gasteiger partial charge on any atom is 0.348 e. The minimum absolute atomic E-state index is 0.100. The van der Waals surface area contributed by atoms with Crippen molar-refractivity contribution in [3.05, 3.63) is 33.6 Å². The molecule has 22 heavy (non-hydrogen) atoms. The van der Waals surface area contributed by atoms with E-state index in [2.05, 4.69) is 39.9 Å². The van der Waals surface area contributed by atoms with Crippen molar-refractivity contribution in [3.8, 4) is 0 Å². The minimum Gasteiger partial charge on any atom is -0.383 e. The van der Waals surface area contributed by atoms with Crippen LogP contribution in [-0.2, 0) is 0 Å². The van der Waals surface area contributed by atoms with E-state index < -0.39 is 11.4 Å². The van der Waals surface area contributed by atoms with Gasteiger partial charge in [-0.25, -0.2) is 24.5 Å². The van der Waals surface area contributed by atoms with E-state index in [1.165, 1.54) is 12.7 Å². The van der Waals surface area contributed by atoms with E-state index in [1.54, 1.807) is 0 Å². The number of aromatic amines is 4. The Morgan fingerprint density at radius 1 is 0.955 bits per heavy atom. The molecule has 0 aliphatic carbocycles. The predicted octanol–water partition coefficient (Wildman–Crippen LogP) is -1.54. The lowest BCUT2D eigenvalue weighted by Crippen LogP contribution is -2.12. The summed E-state index contributed by atoms with van der Waals surface area (Å²) in [5.41, 5.74) is 11.6. The van der Waals surface area contributed by atoms with Gasteiger partial charge in [0.15, 0.2) is 17.1 Å². The van der Waals surface area contributed by atoms with Gasteiger partial charge in [-0.1, -0.05) is 0 Å². The van der Waals surface area contributed by atoms with Crippen LogP contribution in [0.4, 0.5) is 11.6 Å². The zero-order valence-corrected chi connectivity index (χ0v) is 10.9. The fraction of sp³-hybridized carbons (Fsp3) is 0. The van der Waals surface area contributed by atoms with Crippen LogP contribution in [0.25, 0.3) is 22.3 Å². The molecule has 0 amide bonds. The van der Waals surface area contributed by atoms with Crippen LogP contribution in [0.15, 0.2) is 22.2 Å². The van der Waals surface area contributed by atoms with Crippen LogP contribution in [0.5, 0.6) is 0 Å². The third kappa shape index (κ3) is 2.35. The van der Waals surface area contributed by atoms with Crippen LogP contribution < -0.4 is 22.8 Å². The Morgan fingerprint density at radius 3 is 2.55 bits per heavy atom. The van der Waals surface area contributed by atoms with Crippen LogP contribution in [-0.4, -0.2) is 39.9 Å². The Morgan fingerprint density at radius 2 is 1.77 bits per heavy atom. The van der Waals surface area contributed by atoms with Gasteiger partial charge in [-0.15, -0.1) is 0 Å². The smallest absolute Gasteiger partial charge is 0.348 e. The van der Waals surface area contributed by atoms with Crippen molar-refractivity contribution in [2.75, 3.05) is 11.5 Å². The summed E-state index contributed by atoms with van der Waals surface area (Å²) in [5.74, 6) is 0.533. The minimum atomic E-state index is -0.588. The second-order valence-corrected chi connectivity index (χ2v) is 4.12. The Labute approximate surface area is 120 Å². The predicted molar refractivity (Wildman–Crippen MR) is 77.8 cm³/mol. The summed E-state index contributed by atoms with van der Waals surface area (Å²) in [6.45, 7) is 0. The molecule has 0 aromatic carbocycles. The van der Waals surface area contributed by atoms with Gasteiger partial charge in [0, 0.05) is 0 Å². The first-order chi connectivity index (χ1) is 10.5. The molecule has 0 fully saturated rings. The van der Waals surface area contributed by atoms with Crippen LogP contribution in [0, 0.1) is 0 Å². The molecule has 4 aromatic rings. The Kier molecular flexibility index (Phi) is 3.02. The number of hydrogen-bond donors (Lipinski definition) is 6. The van der Waals surface area contributed by atoms with Crippen molar-refractivity contribution in [2.24, 2.45) is 0 Å². The van der Waals surface area contributed by atoms with Crippen molar-refractivity contribution in [1.29, 1.82) is 0 Å². The van der Waals surface area contributed by atoms with E-state index in [9.17, 15) is 9.59 Å². The first kappa shape index (κ1) is 13.3. The monoisotopic (exact) mass is 302 g/mol. The topological polar surface area (TPSA) is 201 Å². The van der Waals surface area contributed by atoms with E-state index in [4.69, 9.17) is 11.5 Å². The third-order valence-electron chi connectivity index (χ3n) is 2.68.